The maximum Gasteiger partial charge on any atom is 0.339 e. The van der Waals surface area contributed by atoms with E-state index in [-0.39, 0.29) is 5.56 Å². The summed E-state index contributed by atoms with van der Waals surface area (Å²) in [5.74, 6) is -0.571. The average Bonchev–Trinajstić information content (AvgIpc) is 3.03. The van der Waals surface area contributed by atoms with Gasteiger partial charge in [0.1, 0.15) is 17.0 Å². The number of hydrogen-bond acceptors (Lipinski definition) is 5. The van der Waals surface area contributed by atoms with Gasteiger partial charge in [0.2, 0.25) is 0 Å². The summed E-state index contributed by atoms with van der Waals surface area (Å²) in [5, 5.41) is 6.76. The predicted octanol–water partition coefficient (Wildman–Crippen LogP) is 4.45. The largest absolute Gasteiger partial charge is 0.465 e. The van der Waals surface area contributed by atoms with Gasteiger partial charge in [0.05, 0.1) is 18.4 Å². The molecule has 2 aromatic carbocycles. The monoisotopic (exact) mass is 414 g/mol. The van der Waals surface area contributed by atoms with Crippen LogP contribution in [-0.4, -0.2) is 24.1 Å². The Balaban J connectivity index is 1.98. The lowest BCUT2D eigenvalue weighted by molar-refractivity contribution is 0.0602. The molecule has 0 saturated heterocycles. The van der Waals surface area contributed by atoms with Gasteiger partial charge in [-0.3, -0.25) is 4.79 Å². The minimum absolute atomic E-state index is 0.265. The number of halogens is 1. The fourth-order valence-corrected chi connectivity index (χ4v) is 2.94. The minimum atomic E-state index is -0.532. The predicted molar refractivity (Wildman–Crippen MR) is 100 cm³/mol. The maximum absolute atomic E-state index is 12.9. The third-order valence-corrected chi connectivity index (χ3v) is 4.26. The highest BCUT2D eigenvalue weighted by molar-refractivity contribution is 9.10. The van der Waals surface area contributed by atoms with Gasteiger partial charge < -0.3 is 14.6 Å². The van der Waals surface area contributed by atoms with Gasteiger partial charge in [-0.05, 0) is 31.2 Å². The van der Waals surface area contributed by atoms with Crippen LogP contribution in [0.5, 0.6) is 0 Å². The van der Waals surface area contributed by atoms with E-state index in [2.05, 4.69) is 26.4 Å². The van der Waals surface area contributed by atoms with Crippen LogP contribution in [0.2, 0.25) is 0 Å². The molecule has 3 rings (SSSR count). The molecule has 132 valence electrons. The molecular formula is C19H15BrN2O4. The van der Waals surface area contributed by atoms with E-state index in [1.54, 1.807) is 31.2 Å². The number of nitrogens with one attached hydrogen (secondary N) is 1. The number of carbonyl (C=O) groups is 2. The molecule has 0 saturated carbocycles. The maximum atomic E-state index is 12.9. The molecular weight excluding hydrogens is 400 g/mol. The lowest BCUT2D eigenvalue weighted by Gasteiger charge is -2.10. The molecule has 1 amide bonds. The van der Waals surface area contributed by atoms with Crippen molar-refractivity contribution in [3.05, 3.63) is 69.9 Å². The average molecular weight is 415 g/mol. The second kappa shape index (κ2) is 7.53. The lowest BCUT2D eigenvalue weighted by Crippen LogP contribution is -2.16. The molecule has 0 radical (unpaired) electrons. The summed E-state index contributed by atoms with van der Waals surface area (Å²) in [6.45, 7) is 1.66. The Morgan fingerprint density at radius 1 is 1.15 bits per heavy atom. The fraction of sp³-hybridized carbons (Fsp3) is 0.105. The van der Waals surface area contributed by atoms with Crippen LogP contribution in [0.3, 0.4) is 0 Å². The van der Waals surface area contributed by atoms with Gasteiger partial charge >= 0.3 is 5.97 Å². The molecule has 0 bridgehead atoms. The summed E-state index contributed by atoms with van der Waals surface area (Å²) >= 11 is 3.40. The Morgan fingerprint density at radius 2 is 1.92 bits per heavy atom. The number of rotatable bonds is 4. The molecule has 0 atom stereocenters. The van der Waals surface area contributed by atoms with Crippen LogP contribution in [0.4, 0.5) is 5.69 Å². The van der Waals surface area contributed by atoms with Crippen molar-refractivity contribution in [2.45, 2.75) is 6.92 Å². The number of carbonyl (C=O) groups excluding carboxylic acids is 2. The number of methoxy groups -OCH3 is 1. The summed E-state index contributed by atoms with van der Waals surface area (Å²) in [7, 11) is 1.29. The van der Waals surface area contributed by atoms with Gasteiger partial charge in [-0.25, -0.2) is 4.79 Å². The van der Waals surface area contributed by atoms with Gasteiger partial charge in [0, 0.05) is 10.0 Å². The van der Waals surface area contributed by atoms with Crippen LogP contribution in [0, 0.1) is 6.92 Å². The van der Waals surface area contributed by atoms with Crippen LogP contribution in [0.25, 0.3) is 11.3 Å². The quantitative estimate of drug-likeness (QED) is 0.637. The van der Waals surface area contributed by atoms with Gasteiger partial charge in [-0.15, -0.1) is 0 Å². The second-order valence-electron chi connectivity index (χ2n) is 5.46. The molecule has 0 aliphatic heterocycles. The normalized spacial score (nSPS) is 10.4. The molecule has 0 aliphatic carbocycles. The number of aromatic nitrogens is 1. The Labute approximate surface area is 158 Å². The Morgan fingerprint density at radius 3 is 2.65 bits per heavy atom. The number of hydrogen-bond donors (Lipinski definition) is 1. The van der Waals surface area contributed by atoms with E-state index in [0.717, 1.165) is 10.0 Å². The second-order valence-corrected chi connectivity index (χ2v) is 6.38. The van der Waals surface area contributed by atoms with E-state index in [0.29, 0.717) is 22.7 Å². The van der Waals surface area contributed by atoms with Crippen molar-refractivity contribution in [1.29, 1.82) is 0 Å². The zero-order chi connectivity index (χ0) is 18.7. The molecule has 0 spiro atoms. The van der Waals surface area contributed by atoms with Crippen molar-refractivity contribution in [3.8, 4) is 11.3 Å². The van der Waals surface area contributed by atoms with E-state index in [9.17, 15) is 9.59 Å². The number of benzene rings is 2. The van der Waals surface area contributed by atoms with Crippen molar-refractivity contribution in [2.75, 3.05) is 12.4 Å². The number of amides is 1. The smallest absolute Gasteiger partial charge is 0.339 e. The third kappa shape index (κ3) is 3.52. The Hall–Kier alpha value is -2.93. The van der Waals surface area contributed by atoms with Crippen LogP contribution in [0.1, 0.15) is 26.5 Å². The zero-order valence-electron chi connectivity index (χ0n) is 14.1. The summed E-state index contributed by atoms with van der Waals surface area (Å²) in [6.07, 6.45) is 0. The van der Waals surface area contributed by atoms with Crippen molar-refractivity contribution >= 4 is 33.5 Å². The molecule has 0 aliphatic rings. The summed E-state index contributed by atoms with van der Waals surface area (Å²) in [5.41, 5.74) is 2.09. The molecule has 1 N–H and O–H groups in total. The Kier molecular flexibility index (Phi) is 5.18. The highest BCUT2D eigenvalue weighted by Crippen LogP contribution is 2.28. The number of ether oxygens (including phenoxy) is 1. The van der Waals surface area contributed by atoms with Crippen molar-refractivity contribution in [1.82, 2.24) is 5.16 Å². The first-order chi connectivity index (χ1) is 12.5. The highest BCUT2D eigenvalue weighted by atomic mass is 79.9. The number of aryl methyl sites for hydroxylation is 1. The number of esters is 1. The zero-order valence-corrected chi connectivity index (χ0v) is 15.7. The Bertz CT molecular complexity index is 981. The molecule has 6 nitrogen and oxygen atoms in total. The van der Waals surface area contributed by atoms with Crippen LogP contribution >= 0.6 is 15.9 Å². The molecule has 26 heavy (non-hydrogen) atoms. The minimum Gasteiger partial charge on any atom is -0.465 e. The fourth-order valence-electron chi connectivity index (χ4n) is 2.54. The van der Waals surface area contributed by atoms with E-state index < -0.39 is 11.9 Å². The van der Waals surface area contributed by atoms with Crippen molar-refractivity contribution in [3.63, 3.8) is 0 Å². The summed E-state index contributed by atoms with van der Waals surface area (Å²) in [4.78, 5) is 24.7. The van der Waals surface area contributed by atoms with Crippen molar-refractivity contribution < 1.29 is 18.8 Å². The van der Waals surface area contributed by atoms with Gasteiger partial charge in [0.15, 0.2) is 0 Å². The first-order valence-electron chi connectivity index (χ1n) is 7.72. The first kappa shape index (κ1) is 17.9. The van der Waals surface area contributed by atoms with E-state index in [1.165, 1.54) is 7.11 Å². The lowest BCUT2D eigenvalue weighted by atomic mass is 10.1. The molecule has 7 heteroatoms. The number of para-hydroxylation sites is 1. The van der Waals surface area contributed by atoms with E-state index in [4.69, 9.17) is 9.26 Å². The van der Waals surface area contributed by atoms with E-state index >= 15 is 0 Å². The van der Waals surface area contributed by atoms with Gasteiger partial charge in [-0.1, -0.05) is 45.4 Å². The SMILES string of the molecule is COC(=O)c1ccccc1NC(=O)c1c(-c2cccc(Br)c2)noc1C. The number of nitrogens with zero attached hydrogens (tertiary/aromatic N) is 1. The standard InChI is InChI=1S/C19H15BrN2O4/c1-11-16(17(22-26-11)12-6-5-7-13(20)10-12)18(23)21-15-9-4-3-8-14(15)19(24)25-2/h3-10H,1-2H3,(H,21,23). The van der Waals surface area contributed by atoms with Crippen LogP contribution in [-0.2, 0) is 4.74 Å². The molecule has 1 heterocycles. The topological polar surface area (TPSA) is 81.4 Å². The summed E-state index contributed by atoms with van der Waals surface area (Å²) in [6, 6.07) is 14.0. The first-order valence-corrected chi connectivity index (χ1v) is 8.51. The van der Waals surface area contributed by atoms with Crippen molar-refractivity contribution in [2.24, 2.45) is 0 Å². The molecule has 1 aromatic heterocycles. The highest BCUT2D eigenvalue weighted by Gasteiger charge is 2.23. The van der Waals surface area contributed by atoms with Crippen LogP contribution in [0.15, 0.2) is 57.5 Å². The molecule has 0 unspecified atom stereocenters. The summed E-state index contributed by atoms with van der Waals surface area (Å²) < 4.78 is 10.8. The van der Waals surface area contributed by atoms with Crippen LogP contribution < -0.4 is 5.32 Å². The van der Waals surface area contributed by atoms with Gasteiger partial charge in [0.25, 0.3) is 5.91 Å². The van der Waals surface area contributed by atoms with Gasteiger partial charge in [-0.2, -0.15) is 0 Å². The number of anilines is 1. The molecule has 3 aromatic rings. The third-order valence-electron chi connectivity index (χ3n) is 3.77. The van der Waals surface area contributed by atoms with E-state index in [1.807, 2.05) is 24.3 Å². The molecule has 0 fully saturated rings.